The molecule has 0 atom stereocenters. The number of fused-ring (bicyclic) bond motifs is 1. The number of hydrogen-bond acceptors (Lipinski definition) is 6. The fourth-order valence-electron chi connectivity index (χ4n) is 5.27. The molecule has 202 valence electrons. The van der Waals surface area contributed by atoms with E-state index in [1.807, 2.05) is 24.3 Å². The van der Waals surface area contributed by atoms with E-state index >= 15 is 0 Å². The Morgan fingerprint density at radius 1 is 0.850 bits per heavy atom. The van der Waals surface area contributed by atoms with Crippen LogP contribution in [0, 0.1) is 0 Å². The van der Waals surface area contributed by atoms with Crippen molar-refractivity contribution in [1.29, 1.82) is 0 Å². The predicted octanol–water partition coefficient (Wildman–Crippen LogP) is 6.24. The molecule has 0 saturated heterocycles. The summed E-state index contributed by atoms with van der Waals surface area (Å²) in [4.78, 5) is 34.9. The molecular formula is C32H28ClN3O4. The molecule has 40 heavy (non-hydrogen) atoms. The average Bonchev–Trinajstić information content (AvgIpc) is 3.19. The second-order valence-corrected chi connectivity index (χ2v) is 11.0. The van der Waals surface area contributed by atoms with Crippen LogP contribution in [0.25, 0.3) is 0 Å². The highest BCUT2D eigenvalue weighted by Crippen LogP contribution is 2.37. The number of amides is 2. The quantitative estimate of drug-likeness (QED) is 0.190. The number of aromatic nitrogens is 2. The first-order chi connectivity index (χ1) is 19.3. The van der Waals surface area contributed by atoms with Crippen LogP contribution in [0.1, 0.15) is 64.2 Å². The van der Waals surface area contributed by atoms with Gasteiger partial charge in [0.2, 0.25) is 5.28 Å². The first-order valence-electron chi connectivity index (χ1n) is 13.2. The van der Waals surface area contributed by atoms with E-state index in [9.17, 15) is 9.59 Å². The van der Waals surface area contributed by atoms with Crippen LogP contribution in [0.3, 0.4) is 0 Å². The van der Waals surface area contributed by atoms with Crippen LogP contribution in [0.5, 0.6) is 11.5 Å². The highest BCUT2D eigenvalue weighted by Gasteiger charge is 2.45. The van der Waals surface area contributed by atoms with Crippen LogP contribution in [0.15, 0.2) is 85.1 Å². The lowest BCUT2D eigenvalue weighted by Gasteiger charge is -2.39. The van der Waals surface area contributed by atoms with Gasteiger partial charge in [-0.05, 0) is 65.2 Å². The minimum Gasteiger partial charge on any atom is -0.490 e. The van der Waals surface area contributed by atoms with E-state index in [-0.39, 0.29) is 34.7 Å². The van der Waals surface area contributed by atoms with E-state index in [0.29, 0.717) is 36.3 Å². The molecule has 1 aliphatic heterocycles. The van der Waals surface area contributed by atoms with Crippen molar-refractivity contribution in [1.82, 2.24) is 14.9 Å². The Bertz CT molecular complexity index is 1530. The molecule has 0 N–H and O–H groups in total. The molecule has 0 radical (unpaired) electrons. The van der Waals surface area contributed by atoms with Crippen LogP contribution in [-0.4, -0.2) is 38.8 Å². The van der Waals surface area contributed by atoms with Crippen molar-refractivity contribution >= 4 is 23.4 Å². The van der Waals surface area contributed by atoms with Gasteiger partial charge in [-0.2, -0.15) is 0 Å². The molecule has 8 heteroatoms. The second-order valence-electron chi connectivity index (χ2n) is 10.7. The fourth-order valence-corrected chi connectivity index (χ4v) is 5.43. The van der Waals surface area contributed by atoms with Gasteiger partial charge in [0, 0.05) is 30.5 Å². The lowest BCUT2D eigenvalue weighted by atomic mass is 9.78. The molecule has 3 aromatic carbocycles. The van der Waals surface area contributed by atoms with Crippen molar-refractivity contribution in [3.05, 3.63) is 118 Å². The standard InChI is InChI=1S/C32H28ClN3O4/c1-32(2,20-7-11-24(12-8-20)39-19-22-15-16-34-31(33)35-22)21-9-13-25(14-10-21)40-26-17-23(18-26)36-29(37)27-5-3-4-6-28(27)30(36)38/h3-16,23,26H,17-19H2,1-2H3/t23-,26+. The van der Waals surface area contributed by atoms with Crippen LogP contribution < -0.4 is 9.47 Å². The minimum atomic E-state index is -0.232. The molecule has 7 nitrogen and oxygen atoms in total. The number of carbonyl (C=O) groups is 2. The van der Waals surface area contributed by atoms with E-state index < -0.39 is 0 Å². The molecule has 2 amide bonds. The Labute approximate surface area is 237 Å². The first-order valence-corrected chi connectivity index (χ1v) is 13.6. The molecule has 1 aromatic heterocycles. The summed E-state index contributed by atoms with van der Waals surface area (Å²) in [6.07, 6.45) is 2.85. The predicted molar refractivity (Wildman–Crippen MR) is 151 cm³/mol. The Hall–Kier alpha value is -4.23. The van der Waals surface area contributed by atoms with Gasteiger partial charge < -0.3 is 9.47 Å². The van der Waals surface area contributed by atoms with Crippen molar-refractivity contribution < 1.29 is 19.1 Å². The molecule has 4 aromatic rings. The number of halogens is 1. The van der Waals surface area contributed by atoms with Gasteiger partial charge in [0.15, 0.2) is 0 Å². The zero-order chi connectivity index (χ0) is 27.9. The van der Waals surface area contributed by atoms with Crippen molar-refractivity contribution in [3.8, 4) is 11.5 Å². The second kappa shape index (κ2) is 10.4. The van der Waals surface area contributed by atoms with E-state index in [4.69, 9.17) is 21.1 Å². The van der Waals surface area contributed by atoms with Crippen LogP contribution in [0.4, 0.5) is 0 Å². The maximum atomic E-state index is 12.7. The monoisotopic (exact) mass is 553 g/mol. The maximum absolute atomic E-state index is 12.7. The fraction of sp³-hybridized carbons (Fsp3) is 0.250. The van der Waals surface area contributed by atoms with Crippen LogP contribution in [0.2, 0.25) is 5.28 Å². The van der Waals surface area contributed by atoms with Gasteiger partial charge in [0.05, 0.1) is 16.8 Å². The van der Waals surface area contributed by atoms with Crippen LogP contribution in [-0.2, 0) is 12.0 Å². The lowest BCUT2D eigenvalue weighted by Crippen LogP contribution is -2.51. The van der Waals surface area contributed by atoms with E-state index in [2.05, 4.69) is 48.1 Å². The maximum Gasteiger partial charge on any atom is 0.261 e. The van der Waals surface area contributed by atoms with Gasteiger partial charge in [0.1, 0.15) is 24.2 Å². The highest BCUT2D eigenvalue weighted by atomic mass is 35.5. The first kappa shape index (κ1) is 26.0. The number of hydrogen-bond donors (Lipinski definition) is 0. The Morgan fingerprint density at radius 3 is 2.00 bits per heavy atom. The van der Waals surface area contributed by atoms with Crippen molar-refractivity contribution in [2.24, 2.45) is 0 Å². The number of imide groups is 1. The summed E-state index contributed by atoms with van der Waals surface area (Å²) in [6, 6.07) is 24.8. The molecule has 0 unspecified atom stereocenters. The summed E-state index contributed by atoms with van der Waals surface area (Å²) >= 11 is 5.85. The summed E-state index contributed by atoms with van der Waals surface area (Å²) in [7, 11) is 0. The summed E-state index contributed by atoms with van der Waals surface area (Å²) in [5.74, 6) is 1.12. The zero-order valence-corrected chi connectivity index (χ0v) is 23.0. The molecule has 6 rings (SSSR count). The number of nitrogens with zero attached hydrogens (tertiary/aromatic N) is 3. The number of ether oxygens (including phenoxy) is 2. The zero-order valence-electron chi connectivity index (χ0n) is 22.2. The highest BCUT2D eigenvalue weighted by molar-refractivity contribution is 6.28. The largest absolute Gasteiger partial charge is 0.490 e. The lowest BCUT2D eigenvalue weighted by molar-refractivity contribution is 0.0198. The van der Waals surface area contributed by atoms with Gasteiger partial charge in [-0.15, -0.1) is 0 Å². The van der Waals surface area contributed by atoms with Crippen molar-refractivity contribution in [2.75, 3.05) is 0 Å². The molecule has 1 fully saturated rings. The van der Waals surface area contributed by atoms with Gasteiger partial charge in [0.25, 0.3) is 11.8 Å². The summed E-state index contributed by atoms with van der Waals surface area (Å²) in [5, 5.41) is 0.202. The number of rotatable bonds is 8. The average molecular weight is 554 g/mol. The summed E-state index contributed by atoms with van der Waals surface area (Å²) in [6.45, 7) is 4.67. The van der Waals surface area contributed by atoms with Gasteiger partial charge in [-0.1, -0.05) is 50.2 Å². The molecule has 0 spiro atoms. The van der Waals surface area contributed by atoms with Crippen LogP contribution >= 0.6 is 11.6 Å². The van der Waals surface area contributed by atoms with Crippen molar-refractivity contribution in [2.45, 2.75) is 50.9 Å². The van der Waals surface area contributed by atoms with E-state index in [0.717, 1.165) is 22.6 Å². The third-order valence-corrected chi connectivity index (χ3v) is 7.97. The molecule has 2 aliphatic rings. The Morgan fingerprint density at radius 2 is 1.43 bits per heavy atom. The molecule has 2 heterocycles. The molecule has 0 bridgehead atoms. The van der Waals surface area contributed by atoms with E-state index in [1.54, 1.807) is 36.5 Å². The summed E-state index contributed by atoms with van der Waals surface area (Å²) < 4.78 is 12.0. The van der Waals surface area contributed by atoms with Gasteiger partial charge >= 0.3 is 0 Å². The minimum absolute atomic E-state index is 0.0286. The third-order valence-electron chi connectivity index (χ3n) is 7.79. The SMILES string of the molecule is CC(C)(c1ccc(OCc2ccnc(Cl)n2)cc1)c1ccc(O[C@H]2C[C@@H](N3C(=O)c4ccccc4C3=O)C2)cc1. The number of carbonyl (C=O) groups excluding carboxylic acids is 2. The summed E-state index contributed by atoms with van der Waals surface area (Å²) in [5.41, 5.74) is 3.77. The van der Waals surface area contributed by atoms with Gasteiger partial charge in [-0.25, -0.2) is 9.97 Å². The van der Waals surface area contributed by atoms with E-state index in [1.165, 1.54) is 4.90 Å². The molecule has 1 aliphatic carbocycles. The smallest absolute Gasteiger partial charge is 0.261 e. The molecule has 1 saturated carbocycles. The topological polar surface area (TPSA) is 81.6 Å². The molecular weight excluding hydrogens is 526 g/mol. The number of benzene rings is 3. The Balaban J connectivity index is 1.04. The Kier molecular flexibility index (Phi) is 6.76. The normalized spacial score (nSPS) is 18.3. The van der Waals surface area contributed by atoms with Gasteiger partial charge in [-0.3, -0.25) is 14.5 Å². The van der Waals surface area contributed by atoms with Crippen molar-refractivity contribution in [3.63, 3.8) is 0 Å². The third kappa shape index (κ3) is 4.93.